The fourth-order valence-corrected chi connectivity index (χ4v) is 7.52. The van der Waals surface area contributed by atoms with Crippen molar-refractivity contribution in [3.8, 4) is 0 Å². The van der Waals surface area contributed by atoms with Gasteiger partial charge in [0.2, 0.25) is 11.8 Å². The molecule has 1 aromatic rings. The van der Waals surface area contributed by atoms with E-state index in [-0.39, 0.29) is 30.2 Å². The highest BCUT2D eigenvalue weighted by molar-refractivity contribution is 7.88. The molecule has 45 heavy (non-hydrogen) atoms. The topological polar surface area (TPSA) is 163 Å². The molecule has 5 rings (SSSR count). The molecule has 12 nitrogen and oxygen atoms in total. The fraction of sp³-hybridized carbons (Fsp3) is 0.625. The summed E-state index contributed by atoms with van der Waals surface area (Å²) in [6.07, 6.45) is 8.42. The number of rotatable bonds is 6. The van der Waals surface area contributed by atoms with Crippen LogP contribution in [0.25, 0.3) is 0 Å². The van der Waals surface area contributed by atoms with E-state index < -0.39 is 51.3 Å². The summed E-state index contributed by atoms with van der Waals surface area (Å²) < 4.78 is 36.2. The van der Waals surface area contributed by atoms with Crippen LogP contribution in [0.4, 0.5) is 4.79 Å². The zero-order chi connectivity index (χ0) is 32.4. The van der Waals surface area contributed by atoms with Crippen LogP contribution in [0.15, 0.2) is 42.5 Å². The Morgan fingerprint density at radius 2 is 1.80 bits per heavy atom. The van der Waals surface area contributed by atoms with E-state index in [2.05, 4.69) is 20.1 Å². The highest BCUT2D eigenvalue weighted by Crippen LogP contribution is 2.46. The van der Waals surface area contributed by atoms with Gasteiger partial charge in [-0.05, 0) is 71.3 Å². The van der Waals surface area contributed by atoms with Gasteiger partial charge in [-0.2, -0.15) is 13.1 Å². The lowest BCUT2D eigenvalue weighted by Gasteiger charge is -2.30. The first-order valence-electron chi connectivity index (χ1n) is 16.0. The molecule has 13 heteroatoms. The molecule has 4 amide bonds. The Morgan fingerprint density at radius 3 is 2.53 bits per heavy atom. The standard InChI is InChI=1S/C32H45N5O7S/c1-31(2,3)44-30(41)33-24-16-11-6-4-5-10-15-22-20-32(22,34-27(38)26-17-12-18-37(26)28(24)39)29(40)36-45(42,43)35-25-19-23(25)21-13-8-7-9-14-21/h7-10,13-15,22-26,35H,4-6,11-12,16-20H2,1-3H3,(H,33,41)(H,34,38)(H,36,40)/b15-10-/t22-,23?,24?,25?,26+,32-/m1/s1. The Hall–Kier alpha value is -3.45. The molecule has 0 bridgehead atoms. The van der Waals surface area contributed by atoms with E-state index in [1.807, 2.05) is 42.5 Å². The van der Waals surface area contributed by atoms with Crippen LogP contribution in [0.3, 0.4) is 0 Å². The molecule has 2 aliphatic heterocycles. The van der Waals surface area contributed by atoms with E-state index >= 15 is 0 Å². The molecule has 3 fully saturated rings. The van der Waals surface area contributed by atoms with Crippen LogP contribution in [0.2, 0.25) is 0 Å². The monoisotopic (exact) mass is 643 g/mol. The molecule has 4 aliphatic rings. The second-order valence-corrected chi connectivity index (χ2v) is 15.1. The molecule has 0 radical (unpaired) electrons. The number of nitrogens with zero attached hydrogens (tertiary/aromatic N) is 1. The van der Waals surface area contributed by atoms with Gasteiger partial charge in [0.1, 0.15) is 23.2 Å². The number of nitrogens with one attached hydrogen (secondary N) is 4. The summed E-state index contributed by atoms with van der Waals surface area (Å²) in [5.41, 5.74) is -1.16. The molecule has 0 aromatic heterocycles. The number of hydrogen-bond acceptors (Lipinski definition) is 7. The van der Waals surface area contributed by atoms with Crippen LogP contribution in [0.5, 0.6) is 0 Å². The van der Waals surface area contributed by atoms with Gasteiger partial charge in [0.15, 0.2) is 0 Å². The van der Waals surface area contributed by atoms with Gasteiger partial charge < -0.3 is 20.3 Å². The molecule has 3 unspecified atom stereocenters. The first-order chi connectivity index (χ1) is 21.3. The van der Waals surface area contributed by atoms with Crippen LogP contribution in [-0.2, 0) is 29.3 Å². The molecule has 2 aliphatic carbocycles. The molecule has 246 valence electrons. The normalized spacial score (nSPS) is 31.3. The van der Waals surface area contributed by atoms with Crippen LogP contribution in [-0.4, -0.2) is 72.9 Å². The molecular weight excluding hydrogens is 598 g/mol. The minimum atomic E-state index is -4.20. The van der Waals surface area contributed by atoms with Crippen molar-refractivity contribution in [2.24, 2.45) is 5.92 Å². The number of ether oxygens (including phenoxy) is 1. The molecule has 6 atom stereocenters. The Kier molecular flexibility index (Phi) is 9.60. The van der Waals surface area contributed by atoms with E-state index in [1.54, 1.807) is 20.8 Å². The number of carbonyl (C=O) groups is 4. The van der Waals surface area contributed by atoms with Gasteiger partial charge in [-0.15, -0.1) is 0 Å². The first kappa shape index (κ1) is 32.9. The van der Waals surface area contributed by atoms with Crippen molar-refractivity contribution >= 4 is 34.0 Å². The summed E-state index contributed by atoms with van der Waals surface area (Å²) in [6, 6.07) is 7.53. The number of alkyl carbamates (subject to hydrolysis) is 1. The third-order valence-corrected chi connectivity index (χ3v) is 9.94. The zero-order valence-corrected chi connectivity index (χ0v) is 27.0. The van der Waals surface area contributed by atoms with Crippen molar-refractivity contribution in [3.63, 3.8) is 0 Å². The van der Waals surface area contributed by atoms with Crippen LogP contribution in [0.1, 0.15) is 90.0 Å². The van der Waals surface area contributed by atoms with Crippen molar-refractivity contribution in [1.82, 2.24) is 25.0 Å². The average molecular weight is 644 g/mol. The van der Waals surface area contributed by atoms with Gasteiger partial charge in [-0.1, -0.05) is 55.3 Å². The summed E-state index contributed by atoms with van der Waals surface area (Å²) in [7, 11) is -4.20. The molecule has 1 aromatic carbocycles. The number of allylic oxidation sites excluding steroid dienone is 1. The summed E-state index contributed by atoms with van der Waals surface area (Å²) in [5.74, 6) is -2.05. The molecule has 1 saturated heterocycles. The third-order valence-electron chi connectivity index (χ3n) is 8.88. The van der Waals surface area contributed by atoms with Crippen LogP contribution < -0.4 is 20.1 Å². The lowest BCUT2D eigenvalue weighted by Crippen LogP contribution is -2.59. The quantitative estimate of drug-likeness (QED) is 0.347. The van der Waals surface area contributed by atoms with E-state index in [9.17, 15) is 27.6 Å². The minimum Gasteiger partial charge on any atom is -0.444 e. The van der Waals surface area contributed by atoms with E-state index in [0.717, 1.165) is 24.8 Å². The van der Waals surface area contributed by atoms with Crippen molar-refractivity contribution in [2.75, 3.05) is 6.54 Å². The van der Waals surface area contributed by atoms with Gasteiger partial charge in [0.05, 0.1) is 0 Å². The lowest BCUT2D eigenvalue weighted by atomic mass is 10.0. The SMILES string of the molecule is CC(C)(C)OC(=O)NC1CCCCC/C=C\[C@@H]2C[C@@]2(C(=O)NS(=O)(=O)NC2CC2c2ccccc2)NC(=O)[C@@H]2CCCN2C1=O. The summed E-state index contributed by atoms with van der Waals surface area (Å²) >= 11 is 0. The number of carbonyl (C=O) groups excluding carboxylic acids is 4. The molecular formula is C32H45N5O7S. The lowest BCUT2D eigenvalue weighted by molar-refractivity contribution is -0.141. The maximum absolute atomic E-state index is 13.7. The molecule has 4 N–H and O–H groups in total. The molecule has 0 spiro atoms. The fourth-order valence-electron chi connectivity index (χ4n) is 6.38. The predicted octanol–water partition coefficient (Wildman–Crippen LogP) is 2.77. The average Bonchev–Trinajstić information content (AvgIpc) is 3.81. The van der Waals surface area contributed by atoms with E-state index in [4.69, 9.17) is 4.74 Å². The minimum absolute atomic E-state index is 0.0327. The number of amides is 4. The van der Waals surface area contributed by atoms with Crippen LogP contribution in [0, 0.1) is 5.92 Å². The van der Waals surface area contributed by atoms with Gasteiger partial charge in [-0.3, -0.25) is 14.4 Å². The second kappa shape index (κ2) is 13.1. The number of hydrogen-bond donors (Lipinski definition) is 4. The highest BCUT2D eigenvalue weighted by Gasteiger charge is 2.61. The summed E-state index contributed by atoms with van der Waals surface area (Å²) in [5, 5.41) is 5.55. The van der Waals surface area contributed by atoms with Gasteiger partial charge in [0, 0.05) is 24.4 Å². The third kappa shape index (κ3) is 8.23. The maximum atomic E-state index is 13.7. The van der Waals surface area contributed by atoms with Crippen molar-refractivity contribution < 1.29 is 32.3 Å². The molecule has 2 saturated carbocycles. The van der Waals surface area contributed by atoms with E-state index in [0.29, 0.717) is 38.6 Å². The predicted molar refractivity (Wildman–Crippen MR) is 167 cm³/mol. The zero-order valence-electron chi connectivity index (χ0n) is 26.2. The van der Waals surface area contributed by atoms with Crippen LogP contribution >= 0.6 is 0 Å². The molecule has 2 heterocycles. The smallest absolute Gasteiger partial charge is 0.408 e. The van der Waals surface area contributed by atoms with Crippen molar-refractivity contribution in [2.45, 2.75) is 114 Å². The van der Waals surface area contributed by atoms with E-state index in [1.165, 1.54) is 4.90 Å². The Labute approximate surface area is 265 Å². The van der Waals surface area contributed by atoms with Gasteiger partial charge in [-0.25, -0.2) is 9.52 Å². The summed E-state index contributed by atoms with van der Waals surface area (Å²) in [6.45, 7) is 5.55. The first-order valence-corrected chi connectivity index (χ1v) is 17.4. The van der Waals surface area contributed by atoms with Crippen molar-refractivity contribution in [3.05, 3.63) is 48.0 Å². The summed E-state index contributed by atoms with van der Waals surface area (Å²) in [4.78, 5) is 55.1. The highest BCUT2D eigenvalue weighted by atomic mass is 32.2. The van der Waals surface area contributed by atoms with Gasteiger partial charge in [0.25, 0.3) is 5.91 Å². The Bertz CT molecular complexity index is 1430. The second-order valence-electron chi connectivity index (χ2n) is 13.6. The van der Waals surface area contributed by atoms with Gasteiger partial charge >= 0.3 is 16.3 Å². The largest absolute Gasteiger partial charge is 0.444 e. The maximum Gasteiger partial charge on any atom is 0.408 e. The van der Waals surface area contributed by atoms with Crippen molar-refractivity contribution in [1.29, 1.82) is 0 Å². The number of fused-ring (bicyclic) bond motifs is 2. The Morgan fingerprint density at radius 1 is 1.04 bits per heavy atom. The Balaban J connectivity index is 1.29. The number of benzene rings is 1.